The predicted molar refractivity (Wildman–Crippen MR) is 87.2 cm³/mol. The van der Waals surface area contributed by atoms with Crippen LogP contribution in [0.15, 0.2) is 24.3 Å². The summed E-state index contributed by atoms with van der Waals surface area (Å²) in [6.07, 6.45) is 3.49. The molecule has 0 unspecified atom stereocenters. The van der Waals surface area contributed by atoms with Crippen molar-refractivity contribution < 1.29 is 0 Å². The van der Waals surface area contributed by atoms with Crippen molar-refractivity contribution in [1.82, 2.24) is 4.90 Å². The van der Waals surface area contributed by atoms with E-state index in [2.05, 4.69) is 55.0 Å². The van der Waals surface area contributed by atoms with Gasteiger partial charge in [0.2, 0.25) is 0 Å². The Morgan fingerprint density at radius 1 is 1.25 bits per heavy atom. The maximum Gasteiger partial charge on any atom is 0.0414 e. The number of likely N-dealkylation sites (tertiary alicyclic amines) is 1. The third kappa shape index (κ3) is 3.33. The largest absolute Gasteiger partial charge is 0.371 e. The van der Waals surface area contributed by atoms with Gasteiger partial charge in [-0.1, -0.05) is 32.0 Å². The minimum Gasteiger partial charge on any atom is -0.371 e. The molecule has 1 aromatic rings. The van der Waals surface area contributed by atoms with Crippen LogP contribution >= 0.6 is 0 Å². The van der Waals surface area contributed by atoms with Crippen molar-refractivity contribution in [3.8, 4) is 0 Å². The van der Waals surface area contributed by atoms with E-state index in [4.69, 9.17) is 5.73 Å². The maximum atomic E-state index is 6.27. The summed E-state index contributed by atoms with van der Waals surface area (Å²) in [5, 5.41) is 0. The number of anilines is 1. The van der Waals surface area contributed by atoms with Crippen LogP contribution in [0, 0.1) is 0 Å². The van der Waals surface area contributed by atoms with Crippen molar-refractivity contribution in [3.63, 3.8) is 0 Å². The van der Waals surface area contributed by atoms with Crippen LogP contribution in [-0.2, 0) is 0 Å². The molecule has 2 rings (SSSR count). The lowest BCUT2D eigenvalue weighted by Crippen LogP contribution is -2.43. The highest BCUT2D eigenvalue weighted by atomic mass is 15.2. The van der Waals surface area contributed by atoms with Crippen molar-refractivity contribution in [1.29, 1.82) is 0 Å². The molecule has 0 aliphatic carbocycles. The van der Waals surface area contributed by atoms with Crippen LogP contribution in [0.4, 0.5) is 5.69 Å². The number of piperidine rings is 1. The molecule has 112 valence electrons. The number of hydrogen-bond acceptors (Lipinski definition) is 3. The summed E-state index contributed by atoms with van der Waals surface area (Å²) in [5.74, 6) is 0. The fourth-order valence-electron chi connectivity index (χ4n) is 3.16. The van der Waals surface area contributed by atoms with Gasteiger partial charge in [-0.2, -0.15) is 0 Å². The molecular formula is C17H29N3. The first-order chi connectivity index (χ1) is 9.67. The smallest absolute Gasteiger partial charge is 0.0414 e. The number of nitrogens with zero attached hydrogens (tertiary/aromatic N) is 2. The molecule has 1 saturated heterocycles. The highest BCUT2D eigenvalue weighted by molar-refractivity contribution is 5.55. The van der Waals surface area contributed by atoms with Crippen LogP contribution in [0.1, 0.15) is 44.7 Å². The molecule has 2 N–H and O–H groups in total. The molecular weight excluding hydrogens is 246 g/mol. The molecule has 0 amide bonds. The van der Waals surface area contributed by atoms with E-state index < -0.39 is 0 Å². The van der Waals surface area contributed by atoms with Gasteiger partial charge in [-0.05, 0) is 37.4 Å². The zero-order chi connectivity index (χ0) is 14.5. The second-order valence-electron chi connectivity index (χ2n) is 5.85. The van der Waals surface area contributed by atoms with Gasteiger partial charge in [0.15, 0.2) is 0 Å². The zero-order valence-electron chi connectivity index (χ0n) is 13.2. The summed E-state index contributed by atoms with van der Waals surface area (Å²) >= 11 is 0. The fraction of sp³-hybridized carbons (Fsp3) is 0.647. The van der Waals surface area contributed by atoms with Gasteiger partial charge in [0.25, 0.3) is 0 Å². The number of nitrogens with two attached hydrogens (primary N) is 1. The molecule has 0 aromatic heterocycles. The molecule has 1 atom stereocenters. The van der Waals surface area contributed by atoms with Crippen LogP contribution in [0.5, 0.6) is 0 Å². The summed E-state index contributed by atoms with van der Waals surface area (Å²) < 4.78 is 0. The molecule has 1 aromatic carbocycles. The molecule has 0 saturated carbocycles. The lowest BCUT2D eigenvalue weighted by molar-refractivity contribution is 0.220. The van der Waals surface area contributed by atoms with E-state index in [-0.39, 0.29) is 6.04 Å². The standard InChI is InChI=1S/C17H29N3/c1-4-16(18)15-8-6-7-9-17(15)19(3)14-10-12-20(5-2)13-11-14/h6-9,14,16H,4-5,10-13,18H2,1-3H3/t16-/m0/s1. The van der Waals surface area contributed by atoms with Crippen LogP contribution < -0.4 is 10.6 Å². The first-order valence-electron chi connectivity index (χ1n) is 7.97. The molecule has 1 aliphatic heterocycles. The zero-order valence-corrected chi connectivity index (χ0v) is 13.2. The normalized spacial score (nSPS) is 19.0. The first-order valence-corrected chi connectivity index (χ1v) is 7.97. The minimum atomic E-state index is 0.143. The lowest BCUT2D eigenvalue weighted by atomic mass is 9.98. The number of rotatable bonds is 5. The van der Waals surface area contributed by atoms with E-state index in [0.717, 1.165) is 6.42 Å². The van der Waals surface area contributed by atoms with Gasteiger partial charge in [-0.15, -0.1) is 0 Å². The van der Waals surface area contributed by atoms with E-state index >= 15 is 0 Å². The average molecular weight is 275 g/mol. The van der Waals surface area contributed by atoms with Crippen molar-refractivity contribution >= 4 is 5.69 Å². The second kappa shape index (κ2) is 7.09. The monoisotopic (exact) mass is 275 g/mol. The van der Waals surface area contributed by atoms with Crippen molar-refractivity contribution in [2.45, 2.75) is 45.2 Å². The van der Waals surface area contributed by atoms with Gasteiger partial charge in [-0.25, -0.2) is 0 Å². The summed E-state index contributed by atoms with van der Waals surface area (Å²) in [7, 11) is 2.23. The third-order valence-corrected chi connectivity index (χ3v) is 4.71. The van der Waals surface area contributed by atoms with E-state index in [1.54, 1.807) is 0 Å². The summed E-state index contributed by atoms with van der Waals surface area (Å²) in [6, 6.07) is 9.41. The highest BCUT2D eigenvalue weighted by Crippen LogP contribution is 2.29. The Labute approximate surface area is 123 Å². The molecule has 1 aliphatic rings. The van der Waals surface area contributed by atoms with Gasteiger partial charge in [0.1, 0.15) is 0 Å². The Morgan fingerprint density at radius 2 is 1.90 bits per heavy atom. The van der Waals surface area contributed by atoms with Crippen LogP contribution in [0.2, 0.25) is 0 Å². The van der Waals surface area contributed by atoms with E-state index in [0.29, 0.717) is 6.04 Å². The average Bonchev–Trinajstić information content (AvgIpc) is 2.53. The van der Waals surface area contributed by atoms with E-state index in [9.17, 15) is 0 Å². The molecule has 1 fully saturated rings. The number of para-hydroxylation sites is 1. The summed E-state index contributed by atoms with van der Waals surface area (Å²) in [6.45, 7) is 8.01. The SMILES string of the molecule is CC[C@H](N)c1ccccc1N(C)C1CCN(CC)CC1. The quantitative estimate of drug-likeness (QED) is 0.896. The second-order valence-corrected chi connectivity index (χ2v) is 5.85. The van der Waals surface area contributed by atoms with Gasteiger partial charge >= 0.3 is 0 Å². The summed E-state index contributed by atoms with van der Waals surface area (Å²) in [5.41, 5.74) is 8.88. The van der Waals surface area contributed by atoms with Crippen LogP contribution in [-0.4, -0.2) is 37.6 Å². The third-order valence-electron chi connectivity index (χ3n) is 4.71. The van der Waals surface area contributed by atoms with E-state index in [1.165, 1.54) is 43.7 Å². The van der Waals surface area contributed by atoms with Crippen molar-refractivity contribution in [2.75, 3.05) is 31.6 Å². The number of hydrogen-bond donors (Lipinski definition) is 1. The number of benzene rings is 1. The molecule has 0 bridgehead atoms. The minimum absolute atomic E-state index is 0.143. The van der Waals surface area contributed by atoms with Gasteiger partial charge < -0.3 is 15.5 Å². The Balaban J connectivity index is 2.11. The molecule has 3 heteroatoms. The maximum absolute atomic E-state index is 6.27. The Kier molecular flexibility index (Phi) is 5.44. The van der Waals surface area contributed by atoms with Gasteiger partial charge in [0, 0.05) is 37.9 Å². The Bertz CT molecular complexity index is 410. The Hall–Kier alpha value is -1.06. The molecule has 0 spiro atoms. The van der Waals surface area contributed by atoms with Crippen LogP contribution in [0.3, 0.4) is 0 Å². The van der Waals surface area contributed by atoms with Crippen molar-refractivity contribution in [3.05, 3.63) is 29.8 Å². The highest BCUT2D eigenvalue weighted by Gasteiger charge is 2.23. The van der Waals surface area contributed by atoms with Crippen LogP contribution in [0.25, 0.3) is 0 Å². The van der Waals surface area contributed by atoms with Crippen molar-refractivity contribution in [2.24, 2.45) is 5.73 Å². The fourth-order valence-corrected chi connectivity index (χ4v) is 3.16. The predicted octanol–water partition coefficient (Wildman–Crippen LogP) is 3.02. The van der Waals surface area contributed by atoms with Gasteiger partial charge in [-0.3, -0.25) is 0 Å². The molecule has 1 heterocycles. The summed E-state index contributed by atoms with van der Waals surface area (Å²) in [4.78, 5) is 4.99. The topological polar surface area (TPSA) is 32.5 Å². The molecule has 20 heavy (non-hydrogen) atoms. The van der Waals surface area contributed by atoms with E-state index in [1.807, 2.05) is 0 Å². The lowest BCUT2D eigenvalue weighted by Gasteiger charge is -2.38. The molecule has 0 radical (unpaired) electrons. The molecule has 3 nitrogen and oxygen atoms in total. The first kappa shape index (κ1) is 15.3. The Morgan fingerprint density at radius 3 is 2.50 bits per heavy atom. The van der Waals surface area contributed by atoms with Gasteiger partial charge in [0.05, 0.1) is 0 Å².